The van der Waals surface area contributed by atoms with Crippen LogP contribution in [0.5, 0.6) is 0 Å². The second-order valence-electron chi connectivity index (χ2n) is 19.5. The molecule has 15 heteroatoms. The molecule has 356 valence electrons. The fourth-order valence-electron chi connectivity index (χ4n) is 11.0. The van der Waals surface area contributed by atoms with Gasteiger partial charge < -0.3 is 67.8 Å². The van der Waals surface area contributed by atoms with Crippen LogP contribution in [0, 0.1) is 23.7 Å². The van der Waals surface area contributed by atoms with Crippen molar-refractivity contribution < 1.29 is 72.6 Å². The molecule has 5 fully saturated rings. The Morgan fingerprint density at radius 2 is 1.59 bits per heavy atom. The van der Waals surface area contributed by atoms with Gasteiger partial charge in [0.1, 0.15) is 42.0 Å². The van der Waals surface area contributed by atoms with Crippen LogP contribution in [0.2, 0.25) is 0 Å². The lowest BCUT2D eigenvalue weighted by Crippen LogP contribution is -2.60. The van der Waals surface area contributed by atoms with Crippen molar-refractivity contribution in [2.24, 2.45) is 23.7 Å². The summed E-state index contributed by atoms with van der Waals surface area (Å²) in [4.78, 5) is 14.4. The molecule has 0 aromatic heterocycles. The normalized spacial score (nSPS) is 50.0. The number of carbonyl (C=O) groups is 1. The van der Waals surface area contributed by atoms with Crippen LogP contribution < -0.4 is 0 Å². The van der Waals surface area contributed by atoms with Crippen molar-refractivity contribution >= 4 is 5.97 Å². The van der Waals surface area contributed by atoms with E-state index >= 15 is 0 Å². The maximum Gasteiger partial charge on any atom is 0.316 e. The summed E-state index contributed by atoms with van der Waals surface area (Å²) >= 11 is 0. The lowest BCUT2D eigenvalue weighted by molar-refractivity contribution is -0.354. The van der Waals surface area contributed by atoms with Crippen LogP contribution in [0.3, 0.4) is 0 Å². The highest BCUT2D eigenvalue weighted by Crippen LogP contribution is 2.48. The van der Waals surface area contributed by atoms with Crippen molar-refractivity contribution in [1.29, 1.82) is 0 Å². The van der Waals surface area contributed by atoms with E-state index in [1.807, 2.05) is 39.8 Å². The van der Waals surface area contributed by atoms with Gasteiger partial charge in [0, 0.05) is 58.2 Å². The number of carbonyl (C=O) groups excluding carboxylic acids is 1. The number of methoxy groups -OCH3 is 2. The van der Waals surface area contributed by atoms with Gasteiger partial charge in [-0.05, 0) is 56.8 Å². The molecule has 2 bridgehead atoms. The van der Waals surface area contributed by atoms with E-state index in [1.165, 1.54) is 0 Å². The van der Waals surface area contributed by atoms with Crippen molar-refractivity contribution in [2.45, 2.75) is 204 Å². The Balaban J connectivity index is 1.19. The van der Waals surface area contributed by atoms with Crippen LogP contribution in [0.25, 0.3) is 0 Å². The Labute approximate surface area is 373 Å². The topological polar surface area (TPSA) is 190 Å². The number of fused-ring (bicyclic) bond motifs is 2. The summed E-state index contributed by atoms with van der Waals surface area (Å²) in [6, 6.07) is 0. The molecule has 1 aliphatic carbocycles. The quantitative estimate of drug-likeness (QED) is 0.196. The van der Waals surface area contributed by atoms with Gasteiger partial charge in [0.05, 0.1) is 55.4 Å². The van der Waals surface area contributed by atoms with Gasteiger partial charge in [-0.3, -0.25) is 4.79 Å². The first kappa shape index (κ1) is 48.8. The molecule has 6 aliphatic heterocycles. The van der Waals surface area contributed by atoms with Crippen LogP contribution in [0.4, 0.5) is 0 Å². The maximum atomic E-state index is 14.4. The van der Waals surface area contributed by atoms with E-state index in [4.69, 9.17) is 47.4 Å². The summed E-state index contributed by atoms with van der Waals surface area (Å²) in [5.74, 6) is -3.19. The van der Waals surface area contributed by atoms with E-state index in [1.54, 1.807) is 40.2 Å². The molecule has 0 amide bonds. The minimum Gasteiger partial charge on any atom is -0.462 e. The first-order valence-electron chi connectivity index (χ1n) is 23.3. The van der Waals surface area contributed by atoms with Crippen molar-refractivity contribution in [3.63, 3.8) is 0 Å². The molecule has 63 heavy (non-hydrogen) atoms. The molecule has 1 spiro atoms. The molecular weight excluding hydrogens is 817 g/mol. The highest BCUT2D eigenvalue weighted by Gasteiger charge is 2.60. The Bertz CT molecular complexity index is 1710. The molecule has 0 aromatic rings. The predicted molar refractivity (Wildman–Crippen MR) is 229 cm³/mol. The van der Waals surface area contributed by atoms with Gasteiger partial charge in [0.2, 0.25) is 0 Å². The molecule has 5 saturated heterocycles. The molecule has 7 rings (SSSR count). The van der Waals surface area contributed by atoms with Crippen molar-refractivity contribution in [2.75, 3.05) is 20.8 Å². The average Bonchev–Trinajstić information content (AvgIpc) is 3.59. The number of ether oxygens (including phenoxy) is 10. The molecule has 4 N–H and O–H groups in total. The van der Waals surface area contributed by atoms with Gasteiger partial charge >= 0.3 is 5.97 Å². The minimum absolute atomic E-state index is 0.0109. The summed E-state index contributed by atoms with van der Waals surface area (Å²) in [7, 11) is 3.20. The minimum atomic E-state index is -1.87. The lowest BCUT2D eigenvalue weighted by Gasteiger charge is -2.52. The van der Waals surface area contributed by atoms with Gasteiger partial charge in [-0.2, -0.15) is 0 Å². The van der Waals surface area contributed by atoms with Crippen molar-refractivity contribution in [3.8, 4) is 0 Å². The summed E-state index contributed by atoms with van der Waals surface area (Å²) < 4.78 is 63.6. The van der Waals surface area contributed by atoms with Gasteiger partial charge in [-0.25, -0.2) is 0 Å². The van der Waals surface area contributed by atoms with Crippen LogP contribution in [0.1, 0.15) is 100 Å². The molecule has 6 heterocycles. The maximum absolute atomic E-state index is 14.4. The zero-order chi connectivity index (χ0) is 45.5. The SMILES string of the molecule is CC[C@H](C)[C@H]1O[C@@]2(C[C@H]3C[C@@H](C/C=C(\C)[C@@H](O[C@H]4C[C@H](OC)[C@@H](O[C@H]5C[C@H](OC)[C@@H](O)[C@H](C)O5)[C@H](C)O4)[C@@H](C)/C=C/C=C4/CO[C@H]5[C@H](O)C(C)=C[C@@H](C(=O)O3)[C@@]45O)O2)C[C@H](O)[C@@H]1C. The Hall–Kier alpha value is -2.09. The third kappa shape index (κ3) is 9.98. The molecule has 21 atom stereocenters. The number of aliphatic hydroxyl groups is 4. The molecular formula is C48H74O15. The summed E-state index contributed by atoms with van der Waals surface area (Å²) in [5.41, 5.74) is 0.0234. The number of allylic oxidation sites excluding steroid dienone is 2. The molecule has 0 radical (unpaired) electrons. The number of esters is 1. The third-order valence-corrected chi connectivity index (χ3v) is 15.0. The van der Waals surface area contributed by atoms with Crippen LogP contribution >= 0.6 is 0 Å². The first-order valence-corrected chi connectivity index (χ1v) is 23.3. The average molecular weight is 891 g/mol. The summed E-state index contributed by atoms with van der Waals surface area (Å²) in [5, 5.41) is 45.7. The van der Waals surface area contributed by atoms with Crippen LogP contribution in [-0.4, -0.2) is 151 Å². The predicted octanol–water partition coefficient (Wildman–Crippen LogP) is 4.57. The molecule has 0 saturated carbocycles. The molecule has 0 unspecified atom stereocenters. The van der Waals surface area contributed by atoms with E-state index in [2.05, 4.69) is 19.9 Å². The van der Waals surface area contributed by atoms with E-state index in [0.717, 1.165) is 12.0 Å². The van der Waals surface area contributed by atoms with E-state index < -0.39 is 109 Å². The van der Waals surface area contributed by atoms with Crippen molar-refractivity contribution in [3.05, 3.63) is 47.1 Å². The Morgan fingerprint density at radius 3 is 2.30 bits per heavy atom. The second-order valence-corrected chi connectivity index (χ2v) is 19.5. The van der Waals surface area contributed by atoms with E-state index in [0.29, 0.717) is 36.8 Å². The zero-order valence-corrected chi connectivity index (χ0v) is 38.8. The largest absolute Gasteiger partial charge is 0.462 e. The fourth-order valence-corrected chi connectivity index (χ4v) is 11.0. The summed E-state index contributed by atoms with van der Waals surface area (Å²) in [6.07, 6.45) is 3.00. The monoisotopic (exact) mass is 891 g/mol. The van der Waals surface area contributed by atoms with Gasteiger partial charge in [-0.15, -0.1) is 0 Å². The zero-order valence-electron chi connectivity index (χ0n) is 38.8. The van der Waals surface area contributed by atoms with Gasteiger partial charge in [-0.1, -0.05) is 64.5 Å². The van der Waals surface area contributed by atoms with Crippen LogP contribution in [-0.2, 0) is 52.2 Å². The lowest BCUT2D eigenvalue weighted by atomic mass is 9.71. The highest BCUT2D eigenvalue weighted by atomic mass is 16.7. The van der Waals surface area contributed by atoms with E-state index in [9.17, 15) is 25.2 Å². The van der Waals surface area contributed by atoms with E-state index in [-0.39, 0.29) is 43.3 Å². The smallest absolute Gasteiger partial charge is 0.316 e. The molecule has 7 aliphatic rings. The van der Waals surface area contributed by atoms with Crippen LogP contribution in [0.15, 0.2) is 47.1 Å². The van der Waals surface area contributed by atoms with Gasteiger partial charge in [0.15, 0.2) is 18.4 Å². The number of hydrogen-bond donors (Lipinski definition) is 4. The Morgan fingerprint density at radius 1 is 0.889 bits per heavy atom. The molecule has 15 nitrogen and oxygen atoms in total. The second kappa shape index (κ2) is 20.0. The third-order valence-electron chi connectivity index (χ3n) is 15.0. The first-order chi connectivity index (χ1) is 29.9. The highest BCUT2D eigenvalue weighted by molar-refractivity contribution is 5.78. The van der Waals surface area contributed by atoms with Gasteiger partial charge in [0.25, 0.3) is 0 Å². The standard InChI is InChI=1S/C48H74O15/c1-11-24(2)43-28(6)35(49)22-47(63-43)21-33-18-32(62-47)16-15-26(4)42(25(3)13-12-14-31-23-56-45-40(50)27(5)17-34(46(52)59-33)48(31,45)53)60-39-20-37(55-10)44(30(8)58-39)61-38-19-36(54-9)41(51)29(7)57-38/h12-15,17,24-25,28-30,32-45,49-51,53H,11,16,18-23H2,1-10H3/b13-12+,26-15+,31-14-/t24-,25-,28-,29-,30-,32+,33+,34-,35-,36-,37-,38-,39-,40+,41-,42-,43+,44-,45-,47-,48-/m0/s1. The summed E-state index contributed by atoms with van der Waals surface area (Å²) in [6.45, 7) is 15.7. The Kier molecular flexibility index (Phi) is 15.5. The molecule has 0 aromatic carbocycles. The number of aliphatic hydroxyl groups excluding tert-OH is 3. The fraction of sp³-hybridized carbons (Fsp3) is 0.812. The number of rotatable bonds is 8. The number of hydrogen-bond acceptors (Lipinski definition) is 15. The van der Waals surface area contributed by atoms with Crippen molar-refractivity contribution in [1.82, 2.24) is 0 Å².